The van der Waals surface area contributed by atoms with Gasteiger partial charge in [-0.3, -0.25) is 4.79 Å². The lowest BCUT2D eigenvalue weighted by atomic mass is 10.1. The Morgan fingerprint density at radius 3 is 2.80 bits per heavy atom. The molecule has 3 rings (SSSR count). The summed E-state index contributed by atoms with van der Waals surface area (Å²) in [5.74, 6) is 0.122. The van der Waals surface area contributed by atoms with Gasteiger partial charge in [-0.2, -0.15) is 0 Å². The molecular formula is C16H15ClN2O. The molecule has 102 valence electrons. The van der Waals surface area contributed by atoms with Crippen LogP contribution in [0.25, 0.3) is 0 Å². The molecule has 20 heavy (non-hydrogen) atoms. The molecule has 1 aliphatic rings. The van der Waals surface area contributed by atoms with E-state index >= 15 is 0 Å². The van der Waals surface area contributed by atoms with Crippen LogP contribution >= 0.6 is 11.6 Å². The lowest BCUT2D eigenvalue weighted by Gasteiger charge is -2.18. The number of carbonyl (C=O) groups excluding carboxylic acids is 1. The van der Waals surface area contributed by atoms with Gasteiger partial charge in [0.15, 0.2) is 0 Å². The van der Waals surface area contributed by atoms with Crippen LogP contribution in [-0.2, 0) is 17.6 Å². The molecule has 1 aliphatic heterocycles. The first-order chi connectivity index (χ1) is 9.65. The molecule has 2 aromatic rings. The van der Waals surface area contributed by atoms with Crippen LogP contribution in [0.2, 0.25) is 5.02 Å². The molecule has 0 saturated carbocycles. The second kappa shape index (κ2) is 5.17. The summed E-state index contributed by atoms with van der Waals surface area (Å²) < 4.78 is 0. The maximum atomic E-state index is 12.1. The standard InChI is InChI=1S/C16H15ClN2O/c17-13-6-5-12-9-16(20)19(15(12)10-13)8-7-11-3-1-2-4-14(11)18/h1-6,10H,7-9,18H2. The lowest BCUT2D eigenvalue weighted by molar-refractivity contribution is -0.117. The molecule has 2 N–H and O–H groups in total. The average Bonchev–Trinajstić information content (AvgIpc) is 2.73. The first kappa shape index (κ1) is 13.0. The fraction of sp³-hybridized carbons (Fsp3) is 0.188. The molecule has 0 atom stereocenters. The molecule has 4 heteroatoms. The van der Waals surface area contributed by atoms with E-state index in [1.807, 2.05) is 42.5 Å². The predicted molar refractivity (Wildman–Crippen MR) is 82.1 cm³/mol. The number of fused-ring (bicyclic) bond motifs is 1. The Morgan fingerprint density at radius 1 is 1.20 bits per heavy atom. The van der Waals surface area contributed by atoms with Gasteiger partial charge in [0.25, 0.3) is 0 Å². The normalized spacial score (nSPS) is 13.7. The summed E-state index contributed by atoms with van der Waals surface area (Å²) in [6, 6.07) is 13.4. The SMILES string of the molecule is Nc1ccccc1CCN1C(=O)Cc2ccc(Cl)cc21. The zero-order valence-electron chi connectivity index (χ0n) is 11.0. The maximum Gasteiger partial charge on any atom is 0.231 e. The highest BCUT2D eigenvalue weighted by atomic mass is 35.5. The molecule has 1 heterocycles. The van der Waals surface area contributed by atoms with Gasteiger partial charge in [0.2, 0.25) is 5.91 Å². The Balaban J connectivity index is 1.80. The number of carbonyl (C=O) groups is 1. The Morgan fingerprint density at radius 2 is 2.00 bits per heavy atom. The molecule has 0 bridgehead atoms. The van der Waals surface area contributed by atoms with Crippen LogP contribution in [0.15, 0.2) is 42.5 Å². The van der Waals surface area contributed by atoms with Crippen molar-refractivity contribution in [1.29, 1.82) is 0 Å². The highest BCUT2D eigenvalue weighted by Gasteiger charge is 2.26. The predicted octanol–water partition coefficient (Wildman–Crippen LogP) is 3.05. The monoisotopic (exact) mass is 286 g/mol. The molecule has 0 fully saturated rings. The van der Waals surface area contributed by atoms with Gasteiger partial charge >= 0.3 is 0 Å². The number of nitrogen functional groups attached to an aromatic ring is 1. The van der Waals surface area contributed by atoms with Crippen molar-refractivity contribution < 1.29 is 4.79 Å². The number of benzene rings is 2. The molecule has 0 unspecified atom stereocenters. The molecule has 0 saturated heterocycles. The van der Waals surface area contributed by atoms with E-state index < -0.39 is 0 Å². The minimum absolute atomic E-state index is 0.122. The molecule has 0 spiro atoms. The molecule has 0 radical (unpaired) electrons. The van der Waals surface area contributed by atoms with Gasteiger partial charge in [-0.1, -0.05) is 35.9 Å². The largest absolute Gasteiger partial charge is 0.399 e. The number of amides is 1. The van der Waals surface area contributed by atoms with E-state index in [0.717, 1.165) is 28.9 Å². The minimum atomic E-state index is 0.122. The fourth-order valence-corrected chi connectivity index (χ4v) is 2.74. The Kier molecular flexibility index (Phi) is 3.36. The zero-order chi connectivity index (χ0) is 14.1. The number of para-hydroxylation sites is 1. The van der Waals surface area contributed by atoms with Gasteiger partial charge in [0, 0.05) is 22.9 Å². The van der Waals surface area contributed by atoms with E-state index in [1.54, 1.807) is 4.90 Å². The summed E-state index contributed by atoms with van der Waals surface area (Å²) in [4.78, 5) is 13.9. The van der Waals surface area contributed by atoms with Gasteiger partial charge < -0.3 is 10.6 Å². The lowest BCUT2D eigenvalue weighted by Crippen LogP contribution is -2.29. The number of rotatable bonds is 3. The summed E-state index contributed by atoms with van der Waals surface area (Å²) in [7, 11) is 0. The number of hydrogen-bond acceptors (Lipinski definition) is 2. The van der Waals surface area contributed by atoms with Crippen molar-refractivity contribution in [2.45, 2.75) is 12.8 Å². The van der Waals surface area contributed by atoms with E-state index in [0.29, 0.717) is 18.0 Å². The van der Waals surface area contributed by atoms with Crippen molar-refractivity contribution >= 4 is 28.9 Å². The van der Waals surface area contributed by atoms with Crippen molar-refractivity contribution in [3.8, 4) is 0 Å². The van der Waals surface area contributed by atoms with Crippen LogP contribution in [0, 0.1) is 0 Å². The number of hydrogen-bond donors (Lipinski definition) is 1. The van der Waals surface area contributed by atoms with Gasteiger partial charge in [-0.05, 0) is 35.7 Å². The average molecular weight is 287 g/mol. The Bertz CT molecular complexity index is 669. The van der Waals surface area contributed by atoms with Crippen LogP contribution < -0.4 is 10.6 Å². The highest BCUT2D eigenvalue weighted by molar-refractivity contribution is 6.31. The number of halogens is 1. The van der Waals surface area contributed by atoms with Crippen LogP contribution in [0.1, 0.15) is 11.1 Å². The number of nitrogens with zero attached hydrogens (tertiary/aromatic N) is 1. The molecular weight excluding hydrogens is 272 g/mol. The van der Waals surface area contributed by atoms with E-state index in [4.69, 9.17) is 17.3 Å². The topological polar surface area (TPSA) is 46.3 Å². The molecule has 2 aromatic carbocycles. The van der Waals surface area contributed by atoms with Gasteiger partial charge in [0.05, 0.1) is 6.42 Å². The summed E-state index contributed by atoms with van der Waals surface area (Å²) in [6.45, 7) is 0.625. The van der Waals surface area contributed by atoms with Crippen LogP contribution in [-0.4, -0.2) is 12.5 Å². The zero-order valence-corrected chi connectivity index (χ0v) is 11.7. The first-order valence-corrected chi connectivity index (χ1v) is 6.95. The number of nitrogens with two attached hydrogens (primary N) is 1. The summed E-state index contributed by atoms with van der Waals surface area (Å²) in [5.41, 5.74) is 9.74. The molecule has 0 aromatic heterocycles. The quantitative estimate of drug-likeness (QED) is 0.882. The van der Waals surface area contributed by atoms with Crippen molar-refractivity contribution in [2.24, 2.45) is 0 Å². The van der Waals surface area contributed by atoms with Gasteiger partial charge in [0.1, 0.15) is 0 Å². The third kappa shape index (κ3) is 2.37. The molecule has 1 amide bonds. The van der Waals surface area contributed by atoms with Crippen molar-refractivity contribution in [2.75, 3.05) is 17.2 Å². The van der Waals surface area contributed by atoms with Crippen LogP contribution in [0.5, 0.6) is 0 Å². The third-order valence-electron chi connectivity index (χ3n) is 3.64. The fourth-order valence-electron chi connectivity index (χ4n) is 2.57. The molecule has 0 aliphatic carbocycles. The Labute approximate surface area is 123 Å². The van der Waals surface area contributed by atoms with Crippen molar-refractivity contribution in [3.05, 3.63) is 58.6 Å². The van der Waals surface area contributed by atoms with Crippen LogP contribution in [0.3, 0.4) is 0 Å². The second-order valence-corrected chi connectivity index (χ2v) is 5.38. The summed E-state index contributed by atoms with van der Waals surface area (Å²) in [5, 5.41) is 0.655. The maximum absolute atomic E-state index is 12.1. The smallest absolute Gasteiger partial charge is 0.231 e. The van der Waals surface area contributed by atoms with Gasteiger partial charge in [-0.15, -0.1) is 0 Å². The minimum Gasteiger partial charge on any atom is -0.399 e. The van der Waals surface area contributed by atoms with Crippen molar-refractivity contribution in [3.63, 3.8) is 0 Å². The van der Waals surface area contributed by atoms with Crippen molar-refractivity contribution in [1.82, 2.24) is 0 Å². The molecule has 3 nitrogen and oxygen atoms in total. The summed E-state index contributed by atoms with van der Waals surface area (Å²) in [6.07, 6.45) is 1.20. The Hall–Kier alpha value is -2.00. The van der Waals surface area contributed by atoms with E-state index in [2.05, 4.69) is 0 Å². The van der Waals surface area contributed by atoms with Gasteiger partial charge in [-0.25, -0.2) is 0 Å². The van der Waals surface area contributed by atoms with Crippen LogP contribution in [0.4, 0.5) is 11.4 Å². The highest BCUT2D eigenvalue weighted by Crippen LogP contribution is 2.31. The van der Waals surface area contributed by atoms with E-state index in [1.165, 1.54) is 0 Å². The second-order valence-electron chi connectivity index (χ2n) is 4.94. The van der Waals surface area contributed by atoms with E-state index in [-0.39, 0.29) is 5.91 Å². The first-order valence-electron chi connectivity index (χ1n) is 6.57. The van der Waals surface area contributed by atoms with E-state index in [9.17, 15) is 4.79 Å². The number of anilines is 2. The summed E-state index contributed by atoms with van der Waals surface area (Å²) >= 11 is 6.02. The third-order valence-corrected chi connectivity index (χ3v) is 3.88.